The van der Waals surface area contributed by atoms with Gasteiger partial charge in [-0.05, 0) is 36.2 Å². The van der Waals surface area contributed by atoms with Crippen molar-refractivity contribution in [3.63, 3.8) is 0 Å². The summed E-state index contributed by atoms with van der Waals surface area (Å²) in [5, 5.41) is 0. The lowest BCUT2D eigenvalue weighted by Gasteiger charge is -2.12. The number of ether oxygens (including phenoxy) is 1. The van der Waals surface area contributed by atoms with Crippen molar-refractivity contribution in [2.24, 2.45) is 11.5 Å². The lowest BCUT2D eigenvalue weighted by molar-refractivity contribution is 0.306. The van der Waals surface area contributed by atoms with Crippen LogP contribution in [0.5, 0.6) is 5.75 Å². The Morgan fingerprint density at radius 1 is 0.947 bits per heavy atom. The van der Waals surface area contributed by atoms with Crippen LogP contribution in [0.3, 0.4) is 0 Å². The van der Waals surface area contributed by atoms with Crippen LogP contribution in [-0.4, -0.2) is 6.54 Å². The van der Waals surface area contributed by atoms with E-state index < -0.39 is 0 Å². The predicted octanol–water partition coefficient (Wildman–Crippen LogP) is 2.61. The van der Waals surface area contributed by atoms with E-state index >= 15 is 0 Å². The van der Waals surface area contributed by atoms with Crippen LogP contribution in [0.25, 0.3) is 0 Å². The first-order chi connectivity index (χ1) is 9.29. The third-order valence-corrected chi connectivity index (χ3v) is 3.03. The molecule has 100 valence electrons. The second-order valence-corrected chi connectivity index (χ2v) is 4.53. The van der Waals surface area contributed by atoms with Gasteiger partial charge in [0.05, 0.1) is 0 Å². The highest BCUT2D eigenvalue weighted by atomic mass is 16.5. The first-order valence-electron chi connectivity index (χ1n) is 6.52. The average molecular weight is 256 g/mol. The molecule has 3 nitrogen and oxygen atoms in total. The molecule has 2 aromatic rings. The summed E-state index contributed by atoms with van der Waals surface area (Å²) in [7, 11) is 0. The van der Waals surface area contributed by atoms with Crippen molar-refractivity contribution < 1.29 is 4.74 Å². The van der Waals surface area contributed by atoms with Gasteiger partial charge >= 0.3 is 0 Å². The number of benzene rings is 2. The minimum absolute atomic E-state index is 0.00757. The maximum absolute atomic E-state index is 6.00. The molecule has 19 heavy (non-hydrogen) atoms. The van der Waals surface area contributed by atoms with Gasteiger partial charge in [-0.2, -0.15) is 0 Å². The van der Waals surface area contributed by atoms with Crippen molar-refractivity contribution in [3.05, 3.63) is 65.7 Å². The molecule has 0 aliphatic heterocycles. The van der Waals surface area contributed by atoms with Gasteiger partial charge in [0.1, 0.15) is 12.4 Å². The smallest absolute Gasteiger partial charge is 0.119 e. The standard InChI is InChI=1S/C16H20N2O/c17-11-10-16(18)14-6-8-15(9-7-14)19-12-13-4-2-1-3-5-13/h1-9,16H,10-12,17-18H2/t16-/m1/s1. The van der Waals surface area contributed by atoms with Gasteiger partial charge in [-0.3, -0.25) is 0 Å². The molecule has 0 radical (unpaired) electrons. The van der Waals surface area contributed by atoms with Crippen LogP contribution in [0.1, 0.15) is 23.6 Å². The summed E-state index contributed by atoms with van der Waals surface area (Å²) in [6, 6.07) is 18.0. The fourth-order valence-electron chi connectivity index (χ4n) is 1.90. The maximum Gasteiger partial charge on any atom is 0.119 e. The minimum atomic E-state index is 0.00757. The Bertz CT molecular complexity index is 482. The average Bonchev–Trinajstić information content (AvgIpc) is 2.47. The van der Waals surface area contributed by atoms with E-state index in [1.165, 1.54) is 0 Å². The van der Waals surface area contributed by atoms with E-state index in [9.17, 15) is 0 Å². The molecule has 0 fully saturated rings. The molecule has 0 aliphatic carbocycles. The summed E-state index contributed by atoms with van der Waals surface area (Å²) in [4.78, 5) is 0. The first kappa shape index (κ1) is 13.6. The zero-order valence-electron chi connectivity index (χ0n) is 11.0. The van der Waals surface area contributed by atoms with E-state index in [4.69, 9.17) is 16.2 Å². The van der Waals surface area contributed by atoms with Crippen molar-refractivity contribution in [3.8, 4) is 5.75 Å². The molecule has 4 N–H and O–H groups in total. The zero-order valence-corrected chi connectivity index (χ0v) is 11.0. The second-order valence-electron chi connectivity index (χ2n) is 4.53. The maximum atomic E-state index is 6.00. The lowest BCUT2D eigenvalue weighted by atomic mass is 10.0. The zero-order chi connectivity index (χ0) is 13.5. The predicted molar refractivity (Wildman–Crippen MR) is 77.8 cm³/mol. The quantitative estimate of drug-likeness (QED) is 0.835. The van der Waals surface area contributed by atoms with Gasteiger partial charge in [0.15, 0.2) is 0 Å². The molecule has 0 saturated carbocycles. The van der Waals surface area contributed by atoms with E-state index in [1.807, 2.05) is 54.6 Å². The lowest BCUT2D eigenvalue weighted by Crippen LogP contribution is -2.15. The summed E-state index contributed by atoms with van der Waals surface area (Å²) in [6.45, 7) is 1.18. The van der Waals surface area contributed by atoms with E-state index in [0.717, 1.165) is 23.3 Å². The number of hydrogen-bond donors (Lipinski definition) is 2. The molecule has 0 aliphatic rings. The van der Waals surface area contributed by atoms with Crippen LogP contribution in [0.15, 0.2) is 54.6 Å². The van der Waals surface area contributed by atoms with Gasteiger partial charge in [0, 0.05) is 6.04 Å². The normalized spacial score (nSPS) is 12.1. The molecule has 2 aromatic carbocycles. The molecular weight excluding hydrogens is 236 g/mol. The Hall–Kier alpha value is -1.84. The van der Waals surface area contributed by atoms with Crippen molar-refractivity contribution in [1.82, 2.24) is 0 Å². The molecule has 0 heterocycles. The minimum Gasteiger partial charge on any atom is -0.489 e. The van der Waals surface area contributed by atoms with Crippen LogP contribution in [0.4, 0.5) is 0 Å². The van der Waals surface area contributed by atoms with Gasteiger partial charge in [-0.25, -0.2) is 0 Å². The van der Waals surface area contributed by atoms with E-state index in [2.05, 4.69) is 0 Å². The van der Waals surface area contributed by atoms with Crippen molar-refractivity contribution in [2.75, 3.05) is 6.54 Å². The third kappa shape index (κ3) is 4.09. The Kier molecular flexibility index (Phi) is 4.95. The highest BCUT2D eigenvalue weighted by Crippen LogP contribution is 2.19. The van der Waals surface area contributed by atoms with Gasteiger partial charge < -0.3 is 16.2 Å². The van der Waals surface area contributed by atoms with Crippen molar-refractivity contribution in [2.45, 2.75) is 19.1 Å². The van der Waals surface area contributed by atoms with E-state index in [1.54, 1.807) is 0 Å². The molecule has 0 amide bonds. The molecular formula is C16H20N2O. The van der Waals surface area contributed by atoms with Crippen LogP contribution >= 0.6 is 0 Å². The second kappa shape index (κ2) is 6.92. The molecule has 3 heteroatoms. The topological polar surface area (TPSA) is 61.3 Å². The van der Waals surface area contributed by atoms with Crippen molar-refractivity contribution in [1.29, 1.82) is 0 Å². The molecule has 0 spiro atoms. The summed E-state index contributed by atoms with van der Waals surface area (Å²) in [5.74, 6) is 0.854. The number of hydrogen-bond acceptors (Lipinski definition) is 3. The van der Waals surface area contributed by atoms with Crippen molar-refractivity contribution >= 4 is 0 Å². The third-order valence-electron chi connectivity index (χ3n) is 3.03. The van der Waals surface area contributed by atoms with E-state index in [-0.39, 0.29) is 6.04 Å². The summed E-state index contributed by atoms with van der Waals surface area (Å²) >= 11 is 0. The highest BCUT2D eigenvalue weighted by Gasteiger charge is 2.04. The van der Waals surface area contributed by atoms with Crippen LogP contribution < -0.4 is 16.2 Å². The molecule has 0 unspecified atom stereocenters. The van der Waals surface area contributed by atoms with Crippen LogP contribution in [0, 0.1) is 0 Å². The summed E-state index contributed by atoms with van der Waals surface area (Å²) in [5.41, 5.74) is 13.8. The fourth-order valence-corrected chi connectivity index (χ4v) is 1.90. The molecule has 2 rings (SSSR count). The summed E-state index contributed by atoms with van der Waals surface area (Å²) in [6.07, 6.45) is 0.796. The Balaban J connectivity index is 1.92. The van der Waals surface area contributed by atoms with Gasteiger partial charge in [0.25, 0.3) is 0 Å². The largest absolute Gasteiger partial charge is 0.489 e. The SMILES string of the molecule is NCC[C@@H](N)c1ccc(OCc2ccccc2)cc1. The Morgan fingerprint density at radius 3 is 2.26 bits per heavy atom. The van der Waals surface area contributed by atoms with Crippen LogP contribution in [0.2, 0.25) is 0 Å². The van der Waals surface area contributed by atoms with Crippen LogP contribution in [-0.2, 0) is 6.61 Å². The number of nitrogens with two attached hydrogens (primary N) is 2. The van der Waals surface area contributed by atoms with Gasteiger partial charge in [0.2, 0.25) is 0 Å². The molecule has 1 atom stereocenters. The van der Waals surface area contributed by atoms with E-state index in [0.29, 0.717) is 13.2 Å². The Labute approximate surface area is 114 Å². The Morgan fingerprint density at radius 2 is 1.63 bits per heavy atom. The fraction of sp³-hybridized carbons (Fsp3) is 0.250. The number of rotatable bonds is 6. The first-order valence-corrected chi connectivity index (χ1v) is 6.52. The van der Waals surface area contributed by atoms with Gasteiger partial charge in [-0.1, -0.05) is 42.5 Å². The molecule has 0 saturated heterocycles. The summed E-state index contributed by atoms with van der Waals surface area (Å²) < 4.78 is 5.72. The van der Waals surface area contributed by atoms with Gasteiger partial charge in [-0.15, -0.1) is 0 Å². The highest BCUT2D eigenvalue weighted by molar-refractivity contribution is 5.29. The molecule has 0 bridgehead atoms. The molecule has 0 aromatic heterocycles. The monoisotopic (exact) mass is 256 g/mol.